The van der Waals surface area contributed by atoms with E-state index in [1.54, 1.807) is 0 Å². The molecule has 0 saturated carbocycles. The first-order valence-corrected chi connectivity index (χ1v) is 11.2. The van der Waals surface area contributed by atoms with Crippen molar-refractivity contribution in [1.29, 1.82) is 0 Å². The van der Waals surface area contributed by atoms with E-state index in [0.29, 0.717) is 25.3 Å². The predicted molar refractivity (Wildman–Crippen MR) is 129 cm³/mol. The lowest BCUT2D eigenvalue weighted by Gasteiger charge is -2.22. The third-order valence-corrected chi connectivity index (χ3v) is 5.56. The second kappa shape index (κ2) is 12.4. The summed E-state index contributed by atoms with van der Waals surface area (Å²) in [6.45, 7) is 15.7. The van der Waals surface area contributed by atoms with Crippen LogP contribution in [0, 0.1) is 13.8 Å². The van der Waals surface area contributed by atoms with Crippen LogP contribution in [0.4, 0.5) is 0 Å². The van der Waals surface area contributed by atoms with Crippen molar-refractivity contribution in [3.63, 3.8) is 0 Å². The Morgan fingerprint density at radius 3 is 2.63 bits per heavy atom. The average Bonchev–Trinajstić information content (AvgIpc) is 2.72. The molecule has 0 aliphatic carbocycles. The van der Waals surface area contributed by atoms with Gasteiger partial charge in [-0.1, -0.05) is 31.7 Å². The number of hydrogen-bond acceptors (Lipinski definition) is 3. The average molecular weight is 408 g/mol. The minimum Gasteiger partial charge on any atom is -0.298 e. The van der Waals surface area contributed by atoms with Gasteiger partial charge in [-0.3, -0.25) is 14.7 Å². The molecule has 0 fully saturated rings. The highest BCUT2D eigenvalue weighted by Crippen LogP contribution is 2.20. The minimum atomic E-state index is 0.326. The Labute approximate surface area is 182 Å². The van der Waals surface area contributed by atoms with Gasteiger partial charge in [0.25, 0.3) is 0 Å². The van der Waals surface area contributed by atoms with Crippen LogP contribution in [0.5, 0.6) is 0 Å². The maximum atomic E-state index is 12.6. The molecule has 0 spiro atoms. The summed E-state index contributed by atoms with van der Waals surface area (Å²) in [6.07, 6.45) is 8.28. The topological polar surface area (TPSA) is 45.0 Å². The van der Waals surface area contributed by atoms with Gasteiger partial charge in [0.05, 0.1) is 6.54 Å². The quantitative estimate of drug-likeness (QED) is 0.473. The molecule has 30 heavy (non-hydrogen) atoms. The van der Waals surface area contributed by atoms with Crippen LogP contribution < -0.4 is 0 Å². The smallest absolute Gasteiger partial charge is 0.154 e. The summed E-state index contributed by atoms with van der Waals surface area (Å²) in [7, 11) is 0. The van der Waals surface area contributed by atoms with Crippen LogP contribution in [0.1, 0.15) is 56.2 Å². The molecule has 0 atom stereocenters. The molecule has 4 heteroatoms. The van der Waals surface area contributed by atoms with Crippen molar-refractivity contribution in [3.05, 3.63) is 58.7 Å². The van der Waals surface area contributed by atoms with Gasteiger partial charge < -0.3 is 0 Å². The highest BCUT2D eigenvalue weighted by atomic mass is 16.1. The lowest BCUT2D eigenvalue weighted by atomic mass is 9.99. The first-order chi connectivity index (χ1) is 14.4. The van der Waals surface area contributed by atoms with Crippen LogP contribution in [0.25, 0.3) is 0 Å². The maximum absolute atomic E-state index is 12.6. The van der Waals surface area contributed by atoms with E-state index < -0.39 is 0 Å². The molecule has 0 amide bonds. The molecule has 1 heterocycles. The molecule has 1 aliphatic rings. The van der Waals surface area contributed by atoms with Crippen molar-refractivity contribution in [2.45, 2.75) is 59.8 Å². The van der Waals surface area contributed by atoms with Gasteiger partial charge in [-0.15, -0.1) is 0 Å². The van der Waals surface area contributed by atoms with Gasteiger partial charge in [-0.05, 0) is 87.9 Å². The van der Waals surface area contributed by atoms with Gasteiger partial charge in [0.15, 0.2) is 5.84 Å². The highest BCUT2D eigenvalue weighted by Gasteiger charge is 2.14. The molecule has 4 nitrogen and oxygen atoms in total. The fourth-order valence-corrected chi connectivity index (χ4v) is 3.69. The van der Waals surface area contributed by atoms with Gasteiger partial charge in [-0.25, -0.2) is 4.99 Å². The first-order valence-electron chi connectivity index (χ1n) is 11.2. The van der Waals surface area contributed by atoms with Crippen molar-refractivity contribution in [1.82, 2.24) is 4.90 Å². The van der Waals surface area contributed by atoms with Gasteiger partial charge >= 0.3 is 0 Å². The van der Waals surface area contributed by atoms with Crippen molar-refractivity contribution in [3.8, 4) is 0 Å². The number of ketones is 1. The molecule has 0 saturated heterocycles. The molecule has 0 radical (unpaired) electrons. The molecule has 0 unspecified atom stereocenters. The molecule has 1 aromatic carbocycles. The Balaban J connectivity index is 1.81. The molecule has 1 aromatic rings. The van der Waals surface area contributed by atoms with E-state index in [4.69, 9.17) is 0 Å². The second-order valence-corrected chi connectivity index (χ2v) is 8.08. The lowest BCUT2D eigenvalue weighted by molar-refractivity contribution is -0.120. The highest BCUT2D eigenvalue weighted by molar-refractivity contribution is 6.09. The van der Waals surface area contributed by atoms with Gasteiger partial charge in [0.1, 0.15) is 5.78 Å². The Morgan fingerprint density at radius 2 is 1.93 bits per heavy atom. The second-order valence-electron chi connectivity index (χ2n) is 8.08. The number of hydrogen-bond donors (Lipinski definition) is 0. The van der Waals surface area contributed by atoms with E-state index in [9.17, 15) is 4.79 Å². The largest absolute Gasteiger partial charge is 0.298 e. The normalized spacial score (nSPS) is 15.2. The summed E-state index contributed by atoms with van der Waals surface area (Å²) in [5.41, 5.74) is 5.99. The van der Waals surface area contributed by atoms with Crippen LogP contribution in [-0.4, -0.2) is 48.9 Å². The third kappa shape index (κ3) is 7.49. The third-order valence-electron chi connectivity index (χ3n) is 5.56. The molecular weight excluding hydrogens is 370 g/mol. The van der Waals surface area contributed by atoms with Crippen molar-refractivity contribution in [2.24, 2.45) is 9.98 Å². The minimum absolute atomic E-state index is 0.326. The number of amidine groups is 1. The molecule has 0 bridgehead atoms. The Bertz CT molecular complexity index is 833. The molecular formula is C26H37N3O. The summed E-state index contributed by atoms with van der Waals surface area (Å²) in [5, 5.41) is 0. The zero-order valence-corrected chi connectivity index (χ0v) is 19.2. The van der Waals surface area contributed by atoms with Crippen LogP contribution in [0.15, 0.2) is 52.0 Å². The molecule has 0 N–H and O–H groups in total. The molecule has 162 valence electrons. The zero-order valence-electron chi connectivity index (χ0n) is 19.2. The summed E-state index contributed by atoms with van der Waals surface area (Å²) < 4.78 is 0. The SMILES string of the molecule is C=C1C(CCCN(CCC)CC(=O)CCc2ccc(C)c(C)c2)=CC=NC1=NCC. The molecule has 2 rings (SSSR count). The number of dihydropyridines is 1. The van der Waals surface area contributed by atoms with Crippen LogP contribution >= 0.6 is 0 Å². The summed E-state index contributed by atoms with van der Waals surface area (Å²) in [4.78, 5) is 23.6. The van der Waals surface area contributed by atoms with E-state index in [2.05, 4.69) is 60.4 Å². The van der Waals surface area contributed by atoms with Gasteiger partial charge in [0.2, 0.25) is 0 Å². The summed E-state index contributed by atoms with van der Waals surface area (Å²) >= 11 is 0. The zero-order chi connectivity index (χ0) is 21.9. The van der Waals surface area contributed by atoms with Crippen LogP contribution in [0.2, 0.25) is 0 Å². The van der Waals surface area contributed by atoms with E-state index in [1.165, 1.54) is 22.3 Å². The van der Waals surface area contributed by atoms with Crippen molar-refractivity contribution >= 4 is 17.8 Å². The first kappa shape index (κ1) is 23.9. The monoisotopic (exact) mass is 407 g/mol. The van der Waals surface area contributed by atoms with Gasteiger partial charge in [-0.2, -0.15) is 0 Å². The van der Waals surface area contributed by atoms with E-state index >= 15 is 0 Å². The fraction of sp³-hybridized carbons (Fsp3) is 0.500. The molecule has 1 aliphatic heterocycles. The number of nitrogens with zero attached hydrogens (tertiary/aromatic N) is 3. The number of aliphatic imine (C=N–C) groups is 2. The van der Waals surface area contributed by atoms with E-state index in [-0.39, 0.29) is 0 Å². The summed E-state index contributed by atoms with van der Waals surface area (Å²) in [6, 6.07) is 6.49. The Hall–Kier alpha value is -2.33. The standard InChI is InChI=1S/C26H37N3O/c1-6-16-29(17-8-9-24-14-15-28-26(22(24)5)27-7-2)19-25(30)13-12-23-11-10-20(3)21(4)18-23/h10-11,14-15,18H,5-9,12-13,16-17,19H2,1-4H3. The number of Topliss-reactive ketones (excluding diaryl/α,β-unsaturated/α-hetero) is 1. The predicted octanol–water partition coefficient (Wildman–Crippen LogP) is 5.28. The number of allylic oxidation sites excluding steroid dienone is 1. The maximum Gasteiger partial charge on any atom is 0.154 e. The Kier molecular flexibility index (Phi) is 9.88. The molecule has 0 aromatic heterocycles. The van der Waals surface area contributed by atoms with Crippen LogP contribution in [-0.2, 0) is 11.2 Å². The number of benzene rings is 1. The van der Waals surface area contributed by atoms with Gasteiger partial charge in [0, 0.05) is 24.8 Å². The lowest BCUT2D eigenvalue weighted by Crippen LogP contribution is -2.32. The van der Waals surface area contributed by atoms with Crippen molar-refractivity contribution < 1.29 is 4.79 Å². The van der Waals surface area contributed by atoms with E-state index in [0.717, 1.165) is 50.2 Å². The van der Waals surface area contributed by atoms with E-state index in [1.807, 2.05) is 19.2 Å². The Morgan fingerprint density at radius 1 is 1.13 bits per heavy atom. The fourth-order valence-electron chi connectivity index (χ4n) is 3.69. The van der Waals surface area contributed by atoms with Crippen LogP contribution in [0.3, 0.4) is 0 Å². The summed E-state index contributed by atoms with van der Waals surface area (Å²) in [5.74, 6) is 1.08. The number of carbonyl (C=O) groups excluding carboxylic acids is 1. The number of carbonyl (C=O) groups is 1. The number of aryl methyl sites for hydroxylation is 3. The number of rotatable bonds is 12. The van der Waals surface area contributed by atoms with Crippen molar-refractivity contribution in [2.75, 3.05) is 26.2 Å².